The molecule has 1 aliphatic heterocycles. The van der Waals surface area contributed by atoms with Crippen LogP contribution in [0.4, 0.5) is 0 Å². The minimum atomic E-state index is -0.274. The normalized spacial score (nSPS) is 22.9. The maximum Gasteiger partial charge on any atom is 0.0897 e. The van der Waals surface area contributed by atoms with Crippen molar-refractivity contribution >= 4 is 22.9 Å². The summed E-state index contributed by atoms with van der Waals surface area (Å²) in [4.78, 5) is 6.93. The van der Waals surface area contributed by atoms with E-state index < -0.39 is 0 Å². The van der Waals surface area contributed by atoms with Crippen LogP contribution in [0.15, 0.2) is 29.6 Å². The predicted octanol–water partition coefficient (Wildman–Crippen LogP) is 3.67. The average Bonchev–Trinajstić information content (AvgIpc) is 2.90. The lowest BCUT2D eigenvalue weighted by Crippen LogP contribution is -2.48. The van der Waals surface area contributed by atoms with E-state index in [0.717, 1.165) is 48.1 Å². The molecule has 0 aliphatic carbocycles. The van der Waals surface area contributed by atoms with Crippen molar-refractivity contribution in [3.63, 3.8) is 0 Å². The minimum absolute atomic E-state index is 0.150. The third kappa shape index (κ3) is 3.87. The van der Waals surface area contributed by atoms with Crippen molar-refractivity contribution in [1.29, 1.82) is 0 Å². The number of hydrogen-bond donors (Lipinski definition) is 1. The average molecular weight is 337 g/mol. The van der Waals surface area contributed by atoms with Crippen molar-refractivity contribution in [2.24, 2.45) is 0 Å². The van der Waals surface area contributed by atoms with Gasteiger partial charge in [-0.2, -0.15) is 0 Å². The highest BCUT2D eigenvalue weighted by Gasteiger charge is 2.30. The molecule has 1 aromatic carbocycles. The number of aliphatic hydroxyl groups excluding tert-OH is 1. The number of hydrogen-bond acceptors (Lipinski definition) is 4. The molecule has 0 radical (unpaired) electrons. The fourth-order valence-corrected chi connectivity index (χ4v) is 3.85. The first-order valence-electron chi connectivity index (χ1n) is 7.69. The topological polar surface area (TPSA) is 36.4 Å². The quantitative estimate of drug-likeness (QED) is 0.925. The Kier molecular flexibility index (Phi) is 5.14. The minimum Gasteiger partial charge on any atom is -0.391 e. The molecule has 1 aromatic heterocycles. The molecule has 3 nitrogen and oxygen atoms in total. The number of rotatable bonds is 4. The number of benzene rings is 1. The monoisotopic (exact) mass is 336 g/mol. The highest BCUT2D eigenvalue weighted by molar-refractivity contribution is 7.09. The summed E-state index contributed by atoms with van der Waals surface area (Å²) in [5, 5.41) is 14.4. The molecule has 118 valence electrons. The smallest absolute Gasteiger partial charge is 0.0897 e. The molecule has 0 saturated carbocycles. The zero-order valence-electron chi connectivity index (χ0n) is 12.7. The van der Waals surface area contributed by atoms with Crippen LogP contribution in [0.2, 0.25) is 5.02 Å². The molecule has 0 amide bonds. The van der Waals surface area contributed by atoms with Crippen LogP contribution in [-0.4, -0.2) is 33.7 Å². The van der Waals surface area contributed by atoms with E-state index in [-0.39, 0.29) is 12.1 Å². The molecule has 1 fully saturated rings. The molecule has 1 N–H and O–H groups in total. The molecule has 1 aliphatic rings. The summed E-state index contributed by atoms with van der Waals surface area (Å²) in [7, 11) is 0. The predicted molar refractivity (Wildman–Crippen MR) is 91.4 cm³/mol. The second-order valence-corrected chi connectivity index (χ2v) is 7.43. The number of likely N-dealkylation sites (tertiary alicyclic amines) is 1. The van der Waals surface area contributed by atoms with Crippen molar-refractivity contribution in [1.82, 2.24) is 9.88 Å². The number of piperidine rings is 1. The summed E-state index contributed by atoms with van der Waals surface area (Å²) in [6.45, 7) is 3.87. The van der Waals surface area contributed by atoms with Crippen LogP contribution in [0.3, 0.4) is 0 Å². The van der Waals surface area contributed by atoms with Gasteiger partial charge in [-0.3, -0.25) is 4.90 Å². The van der Waals surface area contributed by atoms with Crippen molar-refractivity contribution in [2.75, 3.05) is 6.54 Å². The van der Waals surface area contributed by atoms with Gasteiger partial charge < -0.3 is 5.11 Å². The van der Waals surface area contributed by atoms with Crippen LogP contribution in [0, 0.1) is 6.92 Å². The van der Waals surface area contributed by atoms with Gasteiger partial charge in [0.25, 0.3) is 0 Å². The Hall–Kier alpha value is -0.940. The lowest BCUT2D eigenvalue weighted by molar-refractivity contribution is 0.00622. The third-order valence-electron chi connectivity index (χ3n) is 4.25. The molecule has 2 aromatic rings. The zero-order chi connectivity index (χ0) is 15.5. The Morgan fingerprint density at radius 2 is 2.14 bits per heavy atom. The summed E-state index contributed by atoms with van der Waals surface area (Å²) in [5.74, 6) is 0. The van der Waals surface area contributed by atoms with Gasteiger partial charge in [0.2, 0.25) is 0 Å². The largest absolute Gasteiger partial charge is 0.391 e. The first-order valence-corrected chi connectivity index (χ1v) is 8.95. The summed E-state index contributed by atoms with van der Waals surface area (Å²) in [5.41, 5.74) is 2.33. The molecular weight excluding hydrogens is 316 g/mol. The van der Waals surface area contributed by atoms with Crippen molar-refractivity contribution in [2.45, 2.75) is 44.9 Å². The van der Waals surface area contributed by atoms with Crippen LogP contribution in [0.25, 0.3) is 0 Å². The molecule has 2 heterocycles. The molecule has 0 bridgehead atoms. The van der Waals surface area contributed by atoms with Crippen LogP contribution in [-0.2, 0) is 13.0 Å². The Balaban J connectivity index is 1.73. The fourth-order valence-electron chi connectivity index (χ4n) is 3.12. The molecule has 0 unspecified atom stereocenters. The van der Waals surface area contributed by atoms with Gasteiger partial charge in [-0.15, -0.1) is 11.3 Å². The summed E-state index contributed by atoms with van der Waals surface area (Å²) >= 11 is 7.64. The molecule has 3 rings (SSSR count). The van der Waals surface area contributed by atoms with Gasteiger partial charge in [0, 0.05) is 23.0 Å². The van der Waals surface area contributed by atoms with Crippen molar-refractivity contribution in [3.8, 4) is 0 Å². The van der Waals surface area contributed by atoms with E-state index in [1.54, 1.807) is 11.3 Å². The summed E-state index contributed by atoms with van der Waals surface area (Å²) in [6, 6.07) is 8.08. The Morgan fingerprint density at radius 1 is 1.36 bits per heavy atom. The van der Waals surface area contributed by atoms with E-state index in [1.165, 1.54) is 5.56 Å². The Bertz CT molecular complexity index is 613. The van der Waals surface area contributed by atoms with Crippen molar-refractivity contribution in [3.05, 3.63) is 50.9 Å². The second-order valence-electron chi connectivity index (χ2n) is 5.94. The van der Waals surface area contributed by atoms with Gasteiger partial charge in [0.15, 0.2) is 0 Å². The lowest BCUT2D eigenvalue weighted by Gasteiger charge is -2.39. The Morgan fingerprint density at radius 3 is 2.82 bits per heavy atom. The highest BCUT2D eigenvalue weighted by atomic mass is 35.5. The maximum atomic E-state index is 10.5. The summed E-state index contributed by atoms with van der Waals surface area (Å²) in [6.07, 6.45) is 2.50. The highest BCUT2D eigenvalue weighted by Crippen LogP contribution is 2.24. The molecule has 2 atom stereocenters. The van der Waals surface area contributed by atoms with Gasteiger partial charge >= 0.3 is 0 Å². The number of aryl methyl sites for hydroxylation is 1. The van der Waals surface area contributed by atoms with E-state index in [9.17, 15) is 5.11 Å². The van der Waals surface area contributed by atoms with Gasteiger partial charge in [-0.25, -0.2) is 4.98 Å². The number of aliphatic hydroxyl groups is 1. The van der Waals surface area contributed by atoms with Crippen LogP contribution >= 0.6 is 22.9 Å². The number of aromatic nitrogens is 1. The first-order chi connectivity index (χ1) is 10.6. The van der Waals surface area contributed by atoms with E-state index in [1.807, 2.05) is 19.1 Å². The summed E-state index contributed by atoms with van der Waals surface area (Å²) < 4.78 is 0. The SMILES string of the molecule is Cc1nc(CN2CCC[C@H](O)[C@@H]2Cc2ccc(Cl)cc2)cs1. The lowest BCUT2D eigenvalue weighted by atomic mass is 9.93. The van der Waals surface area contributed by atoms with Crippen LogP contribution in [0.1, 0.15) is 29.1 Å². The Labute approximate surface area is 140 Å². The fraction of sp³-hybridized carbons (Fsp3) is 0.471. The zero-order valence-corrected chi connectivity index (χ0v) is 14.3. The third-order valence-corrected chi connectivity index (χ3v) is 5.32. The van der Waals surface area contributed by atoms with Gasteiger partial charge in [0.05, 0.1) is 16.8 Å². The van der Waals surface area contributed by atoms with E-state index in [2.05, 4.69) is 27.4 Å². The van der Waals surface area contributed by atoms with E-state index in [4.69, 9.17) is 11.6 Å². The standard InChI is InChI=1S/C17H21ClN2OS/c1-12-19-15(11-22-12)10-20-8-2-3-17(21)16(20)9-13-4-6-14(18)7-5-13/h4-7,11,16-17,21H,2-3,8-10H2,1H3/t16-,17-/m0/s1. The molecular formula is C17H21ClN2OS. The first kappa shape index (κ1) is 15.9. The molecule has 0 spiro atoms. The molecule has 5 heteroatoms. The van der Waals surface area contributed by atoms with E-state index >= 15 is 0 Å². The number of halogens is 1. The van der Waals surface area contributed by atoms with Gasteiger partial charge in [0.1, 0.15) is 0 Å². The maximum absolute atomic E-state index is 10.5. The van der Waals surface area contributed by atoms with Gasteiger partial charge in [-0.1, -0.05) is 23.7 Å². The second kappa shape index (κ2) is 7.09. The number of nitrogens with zero attached hydrogens (tertiary/aromatic N) is 2. The van der Waals surface area contributed by atoms with Gasteiger partial charge in [-0.05, 0) is 50.4 Å². The van der Waals surface area contributed by atoms with E-state index in [0.29, 0.717) is 0 Å². The van der Waals surface area contributed by atoms with Crippen LogP contribution < -0.4 is 0 Å². The molecule has 1 saturated heterocycles. The number of thiazole rings is 1. The van der Waals surface area contributed by atoms with Crippen molar-refractivity contribution < 1.29 is 5.11 Å². The molecule has 22 heavy (non-hydrogen) atoms. The van der Waals surface area contributed by atoms with Crippen LogP contribution in [0.5, 0.6) is 0 Å².